The van der Waals surface area contributed by atoms with Crippen molar-refractivity contribution in [3.63, 3.8) is 0 Å². The molecule has 2 N–H and O–H groups in total. The number of amides is 2. The maximum atomic E-state index is 13.6. The molecule has 30 heavy (non-hydrogen) atoms. The standard InChI is InChI=1S/C21H22N2O7/c1-18(2)10-8-9-6-5-7-11-12(9)20(16(26)22(11)4)13(10)21(17(27)29-20)23(18)15(25)14(24)19(3,28)30-21/h5-7,10,13-14,24,28H,8H2,1-4H3. The molecule has 0 bridgehead atoms. The minimum Gasteiger partial charge on any atom is -0.440 e. The Morgan fingerprint density at radius 3 is 2.57 bits per heavy atom. The number of benzene rings is 1. The van der Waals surface area contributed by atoms with Gasteiger partial charge in [-0.25, -0.2) is 4.79 Å². The maximum absolute atomic E-state index is 13.6. The van der Waals surface area contributed by atoms with Crippen molar-refractivity contribution >= 4 is 23.5 Å². The Bertz CT molecular complexity index is 1080. The molecule has 6 unspecified atom stereocenters. The number of aliphatic hydroxyl groups excluding tert-OH is 1. The minimum absolute atomic E-state index is 0.382. The molecule has 0 aromatic heterocycles. The quantitative estimate of drug-likeness (QED) is 0.556. The van der Waals surface area contributed by atoms with Gasteiger partial charge >= 0.3 is 5.97 Å². The first-order chi connectivity index (χ1) is 13.9. The molecule has 2 amide bonds. The molecule has 158 valence electrons. The molecule has 4 aliphatic heterocycles. The van der Waals surface area contributed by atoms with Crippen molar-refractivity contribution in [2.45, 2.75) is 55.9 Å². The first-order valence-corrected chi connectivity index (χ1v) is 10.0. The highest BCUT2D eigenvalue weighted by molar-refractivity contribution is 6.11. The van der Waals surface area contributed by atoms with Crippen LogP contribution in [0.1, 0.15) is 31.9 Å². The molecule has 0 radical (unpaired) electrons. The van der Waals surface area contributed by atoms with E-state index in [1.54, 1.807) is 27.0 Å². The van der Waals surface area contributed by atoms with Crippen molar-refractivity contribution < 1.29 is 34.1 Å². The molecule has 6 rings (SSSR count). The highest BCUT2D eigenvalue weighted by atomic mass is 16.7. The summed E-state index contributed by atoms with van der Waals surface area (Å²) in [5.41, 5.74) is -2.41. The third kappa shape index (κ3) is 1.52. The summed E-state index contributed by atoms with van der Waals surface area (Å²) in [4.78, 5) is 43.1. The molecule has 1 aromatic carbocycles. The number of esters is 1. The fourth-order valence-electron chi connectivity index (χ4n) is 6.71. The van der Waals surface area contributed by atoms with Crippen LogP contribution in [0.15, 0.2) is 18.2 Å². The minimum atomic E-state index is -2.31. The van der Waals surface area contributed by atoms with Crippen LogP contribution < -0.4 is 4.90 Å². The van der Waals surface area contributed by atoms with E-state index in [0.717, 1.165) is 12.5 Å². The summed E-state index contributed by atoms with van der Waals surface area (Å²) < 4.78 is 11.8. The number of carbonyl (C=O) groups excluding carboxylic acids is 3. The lowest BCUT2D eigenvalue weighted by atomic mass is 9.62. The molecule has 1 aromatic rings. The van der Waals surface area contributed by atoms with Crippen LogP contribution in [-0.4, -0.2) is 63.1 Å². The predicted octanol–water partition coefficient (Wildman–Crippen LogP) is -0.380. The van der Waals surface area contributed by atoms with Crippen LogP contribution in [0.25, 0.3) is 0 Å². The van der Waals surface area contributed by atoms with E-state index in [-0.39, 0.29) is 5.92 Å². The van der Waals surface area contributed by atoms with Gasteiger partial charge < -0.3 is 24.6 Å². The third-order valence-electron chi connectivity index (χ3n) is 7.87. The molecule has 3 fully saturated rings. The second-order valence-corrected chi connectivity index (χ2v) is 9.67. The van der Waals surface area contributed by atoms with Gasteiger partial charge in [0.05, 0.1) is 11.6 Å². The molecule has 1 aliphatic carbocycles. The van der Waals surface area contributed by atoms with Crippen molar-refractivity contribution in [3.05, 3.63) is 29.3 Å². The summed E-state index contributed by atoms with van der Waals surface area (Å²) in [5.74, 6) is -5.66. The summed E-state index contributed by atoms with van der Waals surface area (Å²) in [6, 6.07) is 5.56. The predicted molar refractivity (Wildman–Crippen MR) is 99.7 cm³/mol. The van der Waals surface area contributed by atoms with Crippen LogP contribution in [-0.2, 0) is 35.9 Å². The van der Waals surface area contributed by atoms with E-state index in [1.807, 2.05) is 12.1 Å². The Morgan fingerprint density at radius 1 is 1.17 bits per heavy atom. The van der Waals surface area contributed by atoms with Gasteiger partial charge in [-0.2, -0.15) is 0 Å². The summed E-state index contributed by atoms with van der Waals surface area (Å²) in [7, 11) is 1.63. The summed E-state index contributed by atoms with van der Waals surface area (Å²) in [5, 5.41) is 21.1. The highest BCUT2D eigenvalue weighted by Crippen LogP contribution is 2.70. The van der Waals surface area contributed by atoms with Gasteiger partial charge in [0.2, 0.25) is 11.4 Å². The molecule has 6 atom stereocenters. The van der Waals surface area contributed by atoms with Crippen LogP contribution in [0, 0.1) is 11.8 Å². The van der Waals surface area contributed by atoms with E-state index in [4.69, 9.17) is 9.47 Å². The first-order valence-electron chi connectivity index (χ1n) is 10.0. The second kappa shape index (κ2) is 4.71. The maximum Gasteiger partial charge on any atom is 0.362 e. The number of carbonyl (C=O) groups is 3. The number of nitrogens with zero attached hydrogens (tertiary/aromatic N) is 2. The van der Waals surface area contributed by atoms with E-state index < -0.39 is 52.5 Å². The zero-order valence-corrected chi connectivity index (χ0v) is 17.0. The van der Waals surface area contributed by atoms with Crippen LogP contribution in [0.3, 0.4) is 0 Å². The molecule has 0 saturated carbocycles. The smallest absolute Gasteiger partial charge is 0.362 e. The number of anilines is 1. The van der Waals surface area contributed by atoms with E-state index in [2.05, 4.69) is 0 Å². The van der Waals surface area contributed by atoms with E-state index in [9.17, 15) is 24.6 Å². The van der Waals surface area contributed by atoms with Crippen molar-refractivity contribution in [2.24, 2.45) is 11.8 Å². The van der Waals surface area contributed by atoms with E-state index in [1.165, 1.54) is 9.80 Å². The Morgan fingerprint density at radius 2 is 1.87 bits per heavy atom. The summed E-state index contributed by atoms with van der Waals surface area (Å²) >= 11 is 0. The zero-order valence-electron chi connectivity index (χ0n) is 17.0. The van der Waals surface area contributed by atoms with Gasteiger partial charge in [-0.05, 0) is 44.7 Å². The topological polar surface area (TPSA) is 117 Å². The number of aliphatic hydroxyl groups is 2. The van der Waals surface area contributed by atoms with Gasteiger partial charge in [0.25, 0.3) is 17.5 Å². The Balaban J connectivity index is 1.71. The van der Waals surface area contributed by atoms with Gasteiger partial charge in [0.1, 0.15) is 0 Å². The number of rotatable bonds is 0. The Labute approximate surface area is 172 Å². The third-order valence-corrected chi connectivity index (χ3v) is 7.87. The lowest BCUT2D eigenvalue weighted by Crippen LogP contribution is -2.73. The fourth-order valence-corrected chi connectivity index (χ4v) is 6.71. The van der Waals surface area contributed by atoms with Crippen LogP contribution in [0.2, 0.25) is 0 Å². The van der Waals surface area contributed by atoms with Crippen LogP contribution in [0.4, 0.5) is 5.69 Å². The molecular weight excluding hydrogens is 392 g/mol. The number of likely N-dealkylation sites (N-methyl/N-ethyl adjacent to an activating group) is 1. The Hall–Kier alpha value is -2.49. The fraction of sp³-hybridized carbons (Fsp3) is 0.571. The SMILES string of the molecule is CN1C(=O)C23OC(=O)C45OC(C)(O)C(O)C(=O)N4C(C)(C)C(Cc4cccc1c42)C35. The molecule has 9 nitrogen and oxygen atoms in total. The molecule has 9 heteroatoms. The van der Waals surface area contributed by atoms with Gasteiger partial charge in [-0.3, -0.25) is 14.5 Å². The van der Waals surface area contributed by atoms with Crippen molar-refractivity contribution in [1.82, 2.24) is 4.90 Å². The second-order valence-electron chi connectivity index (χ2n) is 9.67. The van der Waals surface area contributed by atoms with Gasteiger partial charge in [0, 0.05) is 18.2 Å². The molecule has 5 aliphatic rings. The van der Waals surface area contributed by atoms with Crippen molar-refractivity contribution in [1.29, 1.82) is 0 Å². The first kappa shape index (κ1) is 18.3. The zero-order chi connectivity index (χ0) is 21.6. The van der Waals surface area contributed by atoms with Gasteiger partial charge in [-0.1, -0.05) is 12.1 Å². The number of hydrogen-bond donors (Lipinski definition) is 2. The van der Waals surface area contributed by atoms with Crippen molar-refractivity contribution in [2.75, 3.05) is 11.9 Å². The van der Waals surface area contributed by atoms with Gasteiger partial charge in [-0.15, -0.1) is 0 Å². The average Bonchev–Trinajstić information content (AvgIpc) is 3.13. The van der Waals surface area contributed by atoms with Crippen molar-refractivity contribution in [3.8, 4) is 0 Å². The Kier molecular flexibility index (Phi) is 2.87. The normalized spacial score (nSPS) is 44.7. The number of ether oxygens (including phenoxy) is 2. The van der Waals surface area contributed by atoms with E-state index in [0.29, 0.717) is 17.7 Å². The van der Waals surface area contributed by atoms with E-state index >= 15 is 0 Å². The average molecular weight is 414 g/mol. The highest BCUT2D eigenvalue weighted by Gasteiger charge is 2.87. The lowest BCUT2D eigenvalue weighted by molar-refractivity contribution is -0.338. The molecule has 3 saturated heterocycles. The molecule has 4 heterocycles. The monoisotopic (exact) mass is 414 g/mol. The number of hydrogen-bond acceptors (Lipinski definition) is 7. The van der Waals surface area contributed by atoms with Gasteiger partial charge in [0.15, 0.2) is 6.10 Å². The molecular formula is C21H22N2O7. The van der Waals surface area contributed by atoms with Crippen LogP contribution >= 0.6 is 0 Å². The van der Waals surface area contributed by atoms with Crippen LogP contribution in [0.5, 0.6) is 0 Å². The largest absolute Gasteiger partial charge is 0.440 e. The summed E-state index contributed by atoms with van der Waals surface area (Å²) in [6.45, 7) is 4.74. The molecule has 2 spiro atoms. The lowest BCUT2D eigenvalue weighted by Gasteiger charge is -2.50. The summed E-state index contributed by atoms with van der Waals surface area (Å²) in [6.07, 6.45) is -1.38.